The highest BCUT2D eigenvalue weighted by molar-refractivity contribution is 9.10. The predicted octanol–water partition coefficient (Wildman–Crippen LogP) is 6.42. The molecule has 0 aliphatic rings. The van der Waals surface area contributed by atoms with E-state index in [4.69, 9.17) is 0 Å². The zero-order valence-corrected chi connectivity index (χ0v) is 13.0. The molecule has 4 aromatic rings. The number of halogens is 1. The Morgan fingerprint density at radius 2 is 1.24 bits per heavy atom. The van der Waals surface area contributed by atoms with Gasteiger partial charge in [0.1, 0.15) is 0 Å². The number of rotatable bonds is 1. The van der Waals surface area contributed by atoms with E-state index in [1.165, 1.54) is 32.7 Å². The van der Waals surface area contributed by atoms with Crippen molar-refractivity contribution in [2.75, 3.05) is 0 Å². The normalized spacial score (nSPS) is 11.1. The van der Waals surface area contributed by atoms with E-state index in [0.29, 0.717) is 0 Å². The van der Waals surface area contributed by atoms with Crippen LogP contribution in [-0.2, 0) is 0 Å². The van der Waals surface area contributed by atoms with Gasteiger partial charge in [0.25, 0.3) is 0 Å². The summed E-state index contributed by atoms with van der Waals surface area (Å²) < 4.78 is 1.16. The Morgan fingerprint density at radius 3 is 2.10 bits per heavy atom. The molecule has 0 aliphatic carbocycles. The fraction of sp³-hybridized carbons (Fsp3) is 0. The first-order chi connectivity index (χ1) is 10.3. The standard InChI is InChI=1S/C20H13Br/c21-20-18-8-4-3-6-15(18)11-12-19(20)17-10-9-14-5-1-2-7-16(14)13-17/h1-13H. The minimum absolute atomic E-state index is 1.16. The van der Waals surface area contributed by atoms with Crippen LogP contribution in [0.25, 0.3) is 32.7 Å². The lowest BCUT2D eigenvalue weighted by molar-refractivity contribution is 1.64. The van der Waals surface area contributed by atoms with Gasteiger partial charge in [-0.05, 0) is 54.7 Å². The minimum Gasteiger partial charge on any atom is -0.0616 e. The van der Waals surface area contributed by atoms with Crippen molar-refractivity contribution in [3.63, 3.8) is 0 Å². The third-order valence-corrected chi connectivity index (χ3v) is 4.78. The van der Waals surface area contributed by atoms with Crippen molar-refractivity contribution in [2.45, 2.75) is 0 Å². The van der Waals surface area contributed by atoms with E-state index in [9.17, 15) is 0 Å². The molecule has 1 heteroatoms. The largest absolute Gasteiger partial charge is 0.0616 e. The highest BCUT2D eigenvalue weighted by atomic mass is 79.9. The van der Waals surface area contributed by atoms with Crippen molar-refractivity contribution in [1.82, 2.24) is 0 Å². The van der Waals surface area contributed by atoms with Crippen LogP contribution in [0.4, 0.5) is 0 Å². The zero-order chi connectivity index (χ0) is 14.2. The highest BCUT2D eigenvalue weighted by Gasteiger charge is 2.07. The summed E-state index contributed by atoms with van der Waals surface area (Å²) in [6, 6.07) is 27.9. The monoisotopic (exact) mass is 332 g/mol. The van der Waals surface area contributed by atoms with Gasteiger partial charge in [-0.3, -0.25) is 0 Å². The van der Waals surface area contributed by atoms with E-state index in [1.54, 1.807) is 0 Å². The Balaban J connectivity index is 1.97. The SMILES string of the molecule is Brc1c(-c2ccc3ccccc3c2)ccc2ccccc12. The summed E-state index contributed by atoms with van der Waals surface area (Å²) in [4.78, 5) is 0. The second-order valence-corrected chi connectivity index (χ2v) is 6.00. The third-order valence-electron chi connectivity index (χ3n) is 3.92. The lowest BCUT2D eigenvalue weighted by atomic mass is 9.99. The maximum absolute atomic E-state index is 3.78. The van der Waals surface area contributed by atoms with Crippen LogP contribution in [0.3, 0.4) is 0 Å². The maximum atomic E-state index is 3.78. The molecule has 100 valence electrons. The predicted molar refractivity (Wildman–Crippen MR) is 94.6 cm³/mol. The molecular weight excluding hydrogens is 320 g/mol. The van der Waals surface area contributed by atoms with Crippen LogP contribution in [0, 0.1) is 0 Å². The Kier molecular flexibility index (Phi) is 3.01. The number of fused-ring (bicyclic) bond motifs is 2. The lowest BCUT2D eigenvalue weighted by Crippen LogP contribution is -1.83. The molecule has 0 N–H and O–H groups in total. The van der Waals surface area contributed by atoms with Gasteiger partial charge < -0.3 is 0 Å². The summed E-state index contributed by atoms with van der Waals surface area (Å²) in [5.74, 6) is 0. The summed E-state index contributed by atoms with van der Waals surface area (Å²) in [5.41, 5.74) is 2.48. The molecule has 0 bridgehead atoms. The molecule has 0 amide bonds. The second kappa shape index (κ2) is 5.01. The first-order valence-corrected chi connectivity index (χ1v) is 7.79. The molecule has 0 nitrogen and oxygen atoms in total. The van der Waals surface area contributed by atoms with E-state index < -0.39 is 0 Å². The smallest absolute Gasteiger partial charge is 0.0332 e. The molecule has 0 aromatic heterocycles. The second-order valence-electron chi connectivity index (χ2n) is 5.21. The third kappa shape index (κ3) is 2.14. The summed E-state index contributed by atoms with van der Waals surface area (Å²) in [6.45, 7) is 0. The van der Waals surface area contributed by atoms with Crippen LogP contribution < -0.4 is 0 Å². The van der Waals surface area contributed by atoms with E-state index in [0.717, 1.165) is 4.47 Å². The Hall–Kier alpha value is -2.12. The van der Waals surface area contributed by atoms with Gasteiger partial charge in [0, 0.05) is 4.47 Å². The molecule has 0 saturated carbocycles. The summed E-state index contributed by atoms with van der Waals surface area (Å²) in [5, 5.41) is 5.06. The van der Waals surface area contributed by atoms with E-state index in [1.807, 2.05) is 0 Å². The van der Waals surface area contributed by atoms with Gasteiger partial charge in [0.2, 0.25) is 0 Å². The van der Waals surface area contributed by atoms with Crippen molar-refractivity contribution in [1.29, 1.82) is 0 Å². The van der Waals surface area contributed by atoms with Gasteiger partial charge in [0.05, 0.1) is 0 Å². The van der Waals surface area contributed by atoms with E-state index >= 15 is 0 Å². The van der Waals surface area contributed by atoms with Gasteiger partial charge in [-0.15, -0.1) is 0 Å². The molecule has 0 aliphatic heterocycles. The molecule has 0 unspecified atom stereocenters. The molecular formula is C20H13Br. The topological polar surface area (TPSA) is 0 Å². The molecule has 21 heavy (non-hydrogen) atoms. The van der Waals surface area contributed by atoms with Crippen molar-refractivity contribution in [3.8, 4) is 11.1 Å². The van der Waals surface area contributed by atoms with Gasteiger partial charge in [-0.2, -0.15) is 0 Å². The van der Waals surface area contributed by atoms with E-state index in [2.05, 4.69) is 94.8 Å². The van der Waals surface area contributed by atoms with Gasteiger partial charge in [-0.25, -0.2) is 0 Å². The van der Waals surface area contributed by atoms with Crippen molar-refractivity contribution < 1.29 is 0 Å². The maximum Gasteiger partial charge on any atom is 0.0332 e. The van der Waals surface area contributed by atoms with Crippen LogP contribution in [0.1, 0.15) is 0 Å². The quantitative estimate of drug-likeness (QED) is 0.377. The van der Waals surface area contributed by atoms with Crippen LogP contribution in [0.2, 0.25) is 0 Å². The minimum atomic E-state index is 1.16. The molecule has 0 heterocycles. The molecule has 4 aromatic carbocycles. The zero-order valence-electron chi connectivity index (χ0n) is 11.4. The highest BCUT2D eigenvalue weighted by Crippen LogP contribution is 2.35. The molecule has 0 saturated heterocycles. The summed E-state index contributed by atoms with van der Waals surface area (Å²) >= 11 is 3.78. The fourth-order valence-electron chi connectivity index (χ4n) is 2.81. The molecule has 4 rings (SSSR count). The Labute approximate surface area is 132 Å². The Bertz CT molecular complexity index is 954. The molecule has 0 radical (unpaired) electrons. The molecule has 0 fully saturated rings. The summed E-state index contributed by atoms with van der Waals surface area (Å²) in [7, 11) is 0. The van der Waals surface area contributed by atoms with E-state index in [-0.39, 0.29) is 0 Å². The van der Waals surface area contributed by atoms with Crippen LogP contribution >= 0.6 is 15.9 Å². The number of hydrogen-bond donors (Lipinski definition) is 0. The van der Waals surface area contributed by atoms with Crippen molar-refractivity contribution in [2.24, 2.45) is 0 Å². The number of hydrogen-bond acceptors (Lipinski definition) is 0. The average Bonchev–Trinajstić information content (AvgIpc) is 2.55. The van der Waals surface area contributed by atoms with Gasteiger partial charge in [-0.1, -0.05) is 72.8 Å². The average molecular weight is 333 g/mol. The van der Waals surface area contributed by atoms with Gasteiger partial charge >= 0.3 is 0 Å². The van der Waals surface area contributed by atoms with Crippen LogP contribution in [0.15, 0.2) is 83.3 Å². The molecule has 0 spiro atoms. The van der Waals surface area contributed by atoms with Crippen molar-refractivity contribution >= 4 is 37.5 Å². The summed E-state index contributed by atoms with van der Waals surface area (Å²) in [6.07, 6.45) is 0. The first kappa shape index (κ1) is 12.6. The first-order valence-electron chi connectivity index (χ1n) is 6.99. The number of benzene rings is 4. The fourth-order valence-corrected chi connectivity index (χ4v) is 3.54. The lowest BCUT2D eigenvalue weighted by Gasteiger charge is -2.09. The Morgan fingerprint density at radius 1 is 0.571 bits per heavy atom. The van der Waals surface area contributed by atoms with Crippen LogP contribution in [0.5, 0.6) is 0 Å². The molecule has 0 atom stereocenters. The van der Waals surface area contributed by atoms with Gasteiger partial charge in [0.15, 0.2) is 0 Å². The van der Waals surface area contributed by atoms with Crippen molar-refractivity contribution in [3.05, 3.63) is 83.3 Å². The van der Waals surface area contributed by atoms with Crippen LogP contribution in [-0.4, -0.2) is 0 Å².